The van der Waals surface area contributed by atoms with E-state index in [1.807, 2.05) is 28.7 Å². The third-order valence-corrected chi connectivity index (χ3v) is 2.77. The SMILES string of the molecule is COc1ccc(CO)c(C#N)c1I. The summed E-state index contributed by atoms with van der Waals surface area (Å²) in [5, 5.41) is 17.8. The van der Waals surface area contributed by atoms with Crippen LogP contribution in [0.5, 0.6) is 5.75 Å². The molecule has 68 valence electrons. The van der Waals surface area contributed by atoms with Crippen molar-refractivity contribution in [2.24, 2.45) is 0 Å². The molecule has 13 heavy (non-hydrogen) atoms. The van der Waals surface area contributed by atoms with E-state index in [-0.39, 0.29) is 6.61 Å². The summed E-state index contributed by atoms with van der Waals surface area (Å²) in [5.41, 5.74) is 1.12. The van der Waals surface area contributed by atoms with Crippen LogP contribution in [0.25, 0.3) is 0 Å². The molecule has 4 heteroatoms. The van der Waals surface area contributed by atoms with Gasteiger partial charge in [0.05, 0.1) is 22.9 Å². The molecule has 0 radical (unpaired) electrons. The Morgan fingerprint density at radius 3 is 2.77 bits per heavy atom. The summed E-state index contributed by atoms with van der Waals surface area (Å²) >= 11 is 2.03. The average Bonchev–Trinajstić information content (AvgIpc) is 2.17. The van der Waals surface area contributed by atoms with Crippen molar-refractivity contribution in [3.05, 3.63) is 26.8 Å². The zero-order valence-electron chi connectivity index (χ0n) is 7.04. The third kappa shape index (κ3) is 1.92. The highest BCUT2D eigenvalue weighted by atomic mass is 127. The highest BCUT2D eigenvalue weighted by Crippen LogP contribution is 2.26. The first-order valence-electron chi connectivity index (χ1n) is 3.61. The fraction of sp³-hybridized carbons (Fsp3) is 0.222. The first-order valence-corrected chi connectivity index (χ1v) is 4.68. The molecule has 0 aliphatic carbocycles. The quantitative estimate of drug-likeness (QED) is 0.842. The maximum Gasteiger partial charge on any atom is 0.133 e. The maximum absolute atomic E-state index is 8.94. The second-order valence-corrected chi connectivity index (χ2v) is 3.46. The predicted octanol–water partition coefficient (Wildman–Crippen LogP) is 1.66. The van der Waals surface area contributed by atoms with Crippen LogP contribution >= 0.6 is 22.6 Å². The topological polar surface area (TPSA) is 53.2 Å². The number of nitriles is 1. The largest absolute Gasteiger partial charge is 0.496 e. The summed E-state index contributed by atoms with van der Waals surface area (Å²) in [4.78, 5) is 0. The molecule has 1 aromatic carbocycles. The van der Waals surface area contributed by atoms with Gasteiger partial charge < -0.3 is 9.84 Å². The predicted molar refractivity (Wildman–Crippen MR) is 56.3 cm³/mol. The summed E-state index contributed by atoms with van der Waals surface area (Å²) in [6.45, 7) is -0.122. The van der Waals surface area contributed by atoms with Crippen molar-refractivity contribution in [2.75, 3.05) is 7.11 Å². The monoisotopic (exact) mass is 289 g/mol. The van der Waals surface area contributed by atoms with Crippen molar-refractivity contribution < 1.29 is 9.84 Å². The van der Waals surface area contributed by atoms with Crippen molar-refractivity contribution in [3.63, 3.8) is 0 Å². The van der Waals surface area contributed by atoms with Gasteiger partial charge in [-0.25, -0.2) is 0 Å². The van der Waals surface area contributed by atoms with Crippen LogP contribution in [0.3, 0.4) is 0 Å². The van der Waals surface area contributed by atoms with Gasteiger partial charge in [0.15, 0.2) is 0 Å². The molecule has 0 bridgehead atoms. The van der Waals surface area contributed by atoms with Gasteiger partial charge in [0.1, 0.15) is 11.8 Å². The smallest absolute Gasteiger partial charge is 0.133 e. The van der Waals surface area contributed by atoms with E-state index in [1.165, 1.54) is 0 Å². The number of hydrogen-bond donors (Lipinski definition) is 1. The first kappa shape index (κ1) is 10.3. The fourth-order valence-corrected chi connectivity index (χ4v) is 1.87. The minimum atomic E-state index is -0.122. The van der Waals surface area contributed by atoms with Crippen molar-refractivity contribution in [2.45, 2.75) is 6.61 Å². The molecule has 0 spiro atoms. The van der Waals surface area contributed by atoms with Gasteiger partial charge in [-0.3, -0.25) is 0 Å². The average molecular weight is 289 g/mol. The highest BCUT2D eigenvalue weighted by molar-refractivity contribution is 14.1. The number of rotatable bonds is 2. The number of benzene rings is 1. The molecule has 0 amide bonds. The number of halogens is 1. The van der Waals surface area contributed by atoms with E-state index in [0.717, 1.165) is 3.57 Å². The summed E-state index contributed by atoms with van der Waals surface area (Å²) < 4.78 is 5.79. The lowest BCUT2D eigenvalue weighted by Crippen LogP contribution is -1.96. The van der Waals surface area contributed by atoms with E-state index in [0.29, 0.717) is 16.9 Å². The Labute approximate surface area is 90.1 Å². The van der Waals surface area contributed by atoms with Crippen LogP contribution in [0.2, 0.25) is 0 Å². The lowest BCUT2D eigenvalue weighted by Gasteiger charge is -2.07. The number of aliphatic hydroxyl groups excluding tert-OH is 1. The van der Waals surface area contributed by atoms with Crippen LogP contribution in [-0.2, 0) is 6.61 Å². The fourth-order valence-electron chi connectivity index (χ4n) is 1.01. The standard InChI is InChI=1S/C9H8INO2/c1-13-8-3-2-6(5-12)7(4-11)9(8)10/h2-3,12H,5H2,1H3. The molecular formula is C9H8INO2. The Kier molecular flexibility index (Phi) is 3.51. The van der Waals surface area contributed by atoms with Crippen LogP contribution in [0.4, 0.5) is 0 Å². The number of nitrogens with zero attached hydrogens (tertiary/aromatic N) is 1. The van der Waals surface area contributed by atoms with Crippen molar-refractivity contribution in [1.29, 1.82) is 5.26 Å². The van der Waals surface area contributed by atoms with E-state index in [9.17, 15) is 0 Å². The molecule has 0 aromatic heterocycles. The van der Waals surface area contributed by atoms with E-state index < -0.39 is 0 Å². The van der Waals surface area contributed by atoms with E-state index in [4.69, 9.17) is 15.1 Å². The van der Waals surface area contributed by atoms with Crippen molar-refractivity contribution in [3.8, 4) is 11.8 Å². The maximum atomic E-state index is 8.94. The molecule has 1 rings (SSSR count). The second-order valence-electron chi connectivity index (χ2n) is 2.39. The van der Waals surface area contributed by atoms with Gasteiger partial charge in [-0.15, -0.1) is 0 Å². The number of hydrogen-bond acceptors (Lipinski definition) is 3. The lowest BCUT2D eigenvalue weighted by molar-refractivity contribution is 0.281. The van der Waals surface area contributed by atoms with E-state index in [1.54, 1.807) is 19.2 Å². The van der Waals surface area contributed by atoms with Crippen LogP contribution in [0.1, 0.15) is 11.1 Å². The Hall–Kier alpha value is -0.800. The molecule has 0 saturated carbocycles. The summed E-state index contributed by atoms with van der Waals surface area (Å²) in [6, 6.07) is 5.48. The number of ether oxygens (including phenoxy) is 1. The van der Waals surface area contributed by atoms with Crippen molar-refractivity contribution in [1.82, 2.24) is 0 Å². The summed E-state index contributed by atoms with van der Waals surface area (Å²) in [6.07, 6.45) is 0. The molecule has 1 aromatic rings. The normalized spacial score (nSPS) is 9.38. The molecule has 0 unspecified atom stereocenters. The Bertz CT molecular complexity index is 357. The Morgan fingerprint density at radius 2 is 2.31 bits per heavy atom. The Balaban J connectivity index is 3.34. The van der Waals surface area contributed by atoms with Crippen LogP contribution < -0.4 is 4.74 Å². The highest BCUT2D eigenvalue weighted by Gasteiger charge is 2.10. The molecule has 0 atom stereocenters. The number of aliphatic hydroxyl groups is 1. The Morgan fingerprint density at radius 1 is 1.62 bits per heavy atom. The van der Waals surface area contributed by atoms with Crippen molar-refractivity contribution >= 4 is 22.6 Å². The van der Waals surface area contributed by atoms with Gasteiger partial charge in [0.25, 0.3) is 0 Å². The lowest BCUT2D eigenvalue weighted by atomic mass is 10.1. The summed E-state index contributed by atoms with van der Waals surface area (Å²) in [7, 11) is 1.55. The molecule has 1 N–H and O–H groups in total. The molecular weight excluding hydrogens is 281 g/mol. The third-order valence-electron chi connectivity index (χ3n) is 1.69. The molecule has 3 nitrogen and oxygen atoms in total. The molecule has 0 heterocycles. The van der Waals surface area contributed by atoms with Crippen LogP contribution in [0, 0.1) is 14.9 Å². The number of methoxy groups -OCH3 is 1. The molecule has 0 saturated heterocycles. The van der Waals surface area contributed by atoms with Crippen LogP contribution in [-0.4, -0.2) is 12.2 Å². The minimum absolute atomic E-state index is 0.122. The molecule has 0 aliphatic rings. The second kappa shape index (κ2) is 4.44. The first-order chi connectivity index (χ1) is 6.24. The van der Waals surface area contributed by atoms with Gasteiger partial charge in [-0.2, -0.15) is 5.26 Å². The molecule has 0 aliphatic heterocycles. The van der Waals surface area contributed by atoms with Gasteiger partial charge in [-0.05, 0) is 34.2 Å². The van der Waals surface area contributed by atoms with Gasteiger partial charge in [-0.1, -0.05) is 6.07 Å². The van der Waals surface area contributed by atoms with E-state index in [2.05, 4.69) is 0 Å². The van der Waals surface area contributed by atoms with Gasteiger partial charge in [0.2, 0.25) is 0 Å². The van der Waals surface area contributed by atoms with E-state index >= 15 is 0 Å². The van der Waals surface area contributed by atoms with Gasteiger partial charge in [0, 0.05) is 0 Å². The van der Waals surface area contributed by atoms with Gasteiger partial charge >= 0.3 is 0 Å². The summed E-state index contributed by atoms with van der Waals surface area (Å²) in [5.74, 6) is 0.661. The van der Waals surface area contributed by atoms with Crippen LogP contribution in [0.15, 0.2) is 12.1 Å². The zero-order valence-corrected chi connectivity index (χ0v) is 9.20. The zero-order chi connectivity index (χ0) is 9.84. The minimum Gasteiger partial charge on any atom is -0.496 e. The molecule has 0 fully saturated rings.